The Labute approximate surface area is 135 Å². The molecule has 0 radical (unpaired) electrons. The van der Waals surface area contributed by atoms with Gasteiger partial charge in [0.15, 0.2) is 0 Å². The number of halogens is 1. The Bertz CT molecular complexity index is 818. The number of hydrogen-bond acceptors (Lipinski definition) is 2. The minimum atomic E-state index is -0.0690. The third-order valence-corrected chi connectivity index (χ3v) is 5.72. The number of carbonyl (C=O) groups is 1. The van der Waals surface area contributed by atoms with Crippen molar-refractivity contribution in [1.29, 1.82) is 0 Å². The molecule has 0 saturated heterocycles. The second-order valence-electron chi connectivity index (χ2n) is 4.96. The van der Waals surface area contributed by atoms with Gasteiger partial charge in [0.05, 0.1) is 0 Å². The van der Waals surface area contributed by atoms with E-state index in [0.717, 1.165) is 31.4 Å². The molecule has 0 spiro atoms. The molecule has 0 atom stereocenters. The van der Waals surface area contributed by atoms with Gasteiger partial charge in [0, 0.05) is 20.2 Å². The van der Waals surface area contributed by atoms with Crippen molar-refractivity contribution in [3.63, 3.8) is 0 Å². The quantitative estimate of drug-likeness (QED) is 0.639. The van der Waals surface area contributed by atoms with Gasteiger partial charge in [-0.15, -0.1) is 11.3 Å². The minimum Gasteiger partial charge on any atom is -0.321 e. The van der Waals surface area contributed by atoms with Crippen LogP contribution in [-0.2, 0) is 0 Å². The first-order valence-corrected chi connectivity index (χ1v) is 8.23. The van der Waals surface area contributed by atoms with Crippen molar-refractivity contribution in [2.45, 2.75) is 13.8 Å². The molecule has 1 amide bonds. The van der Waals surface area contributed by atoms with E-state index in [1.165, 1.54) is 11.3 Å². The fraction of sp³-hybridized carbons (Fsp3) is 0.118. The second kappa shape index (κ2) is 5.62. The largest absolute Gasteiger partial charge is 0.321 e. The molecule has 0 saturated carbocycles. The summed E-state index contributed by atoms with van der Waals surface area (Å²) in [6.45, 7) is 4.01. The lowest BCUT2D eigenvalue weighted by molar-refractivity contribution is 0.103. The van der Waals surface area contributed by atoms with Crippen molar-refractivity contribution in [2.75, 3.05) is 5.32 Å². The Morgan fingerprint density at radius 3 is 2.38 bits per heavy atom. The van der Waals surface area contributed by atoms with Crippen molar-refractivity contribution < 1.29 is 4.79 Å². The van der Waals surface area contributed by atoms with E-state index in [2.05, 4.69) is 21.2 Å². The summed E-state index contributed by atoms with van der Waals surface area (Å²) in [7, 11) is 0. The van der Waals surface area contributed by atoms with E-state index in [9.17, 15) is 4.79 Å². The zero-order valence-electron chi connectivity index (χ0n) is 11.7. The maximum absolute atomic E-state index is 12.6. The number of aryl methyl sites for hydroxylation is 2. The van der Waals surface area contributed by atoms with E-state index >= 15 is 0 Å². The van der Waals surface area contributed by atoms with E-state index in [0.29, 0.717) is 4.88 Å². The third-order valence-electron chi connectivity index (χ3n) is 3.46. The molecule has 0 aliphatic rings. The van der Waals surface area contributed by atoms with Gasteiger partial charge >= 0.3 is 0 Å². The van der Waals surface area contributed by atoms with Crippen LogP contribution in [0.25, 0.3) is 10.1 Å². The van der Waals surface area contributed by atoms with Gasteiger partial charge in [-0.1, -0.05) is 36.4 Å². The van der Waals surface area contributed by atoms with Crippen molar-refractivity contribution in [3.8, 4) is 0 Å². The van der Waals surface area contributed by atoms with Gasteiger partial charge in [0.2, 0.25) is 0 Å². The number of nitrogens with one attached hydrogen (secondary N) is 1. The van der Waals surface area contributed by atoms with Crippen molar-refractivity contribution >= 4 is 48.9 Å². The number of amides is 1. The van der Waals surface area contributed by atoms with E-state index in [1.54, 1.807) is 0 Å². The number of benzene rings is 2. The SMILES string of the molecule is Cc1cccc(C)c1NC(=O)c1sc2ccccc2c1Br. The molecule has 3 aromatic rings. The molecule has 106 valence electrons. The van der Waals surface area contributed by atoms with E-state index < -0.39 is 0 Å². The van der Waals surface area contributed by atoms with Crippen LogP contribution in [0.5, 0.6) is 0 Å². The average Bonchev–Trinajstić information content (AvgIpc) is 2.81. The smallest absolute Gasteiger partial charge is 0.266 e. The zero-order chi connectivity index (χ0) is 15.0. The topological polar surface area (TPSA) is 29.1 Å². The van der Waals surface area contributed by atoms with Crippen LogP contribution in [-0.4, -0.2) is 5.91 Å². The first kappa shape index (κ1) is 14.3. The Morgan fingerprint density at radius 2 is 1.71 bits per heavy atom. The minimum absolute atomic E-state index is 0.0690. The summed E-state index contributed by atoms with van der Waals surface area (Å²) in [4.78, 5) is 13.3. The molecular formula is C17H14BrNOS. The molecule has 1 N–H and O–H groups in total. The highest BCUT2D eigenvalue weighted by molar-refractivity contribution is 9.10. The molecule has 0 bridgehead atoms. The zero-order valence-corrected chi connectivity index (χ0v) is 14.1. The summed E-state index contributed by atoms with van der Waals surface area (Å²) < 4.78 is 1.97. The maximum Gasteiger partial charge on any atom is 0.266 e. The van der Waals surface area contributed by atoms with Crippen LogP contribution in [0.15, 0.2) is 46.9 Å². The van der Waals surface area contributed by atoms with Gasteiger partial charge in [0.25, 0.3) is 5.91 Å². The van der Waals surface area contributed by atoms with Crippen molar-refractivity contribution in [2.24, 2.45) is 0 Å². The molecule has 0 aliphatic heterocycles. The molecule has 1 aromatic heterocycles. The number of fused-ring (bicyclic) bond motifs is 1. The van der Waals surface area contributed by atoms with Gasteiger partial charge in [-0.3, -0.25) is 4.79 Å². The van der Waals surface area contributed by atoms with Crippen LogP contribution in [0.4, 0.5) is 5.69 Å². The molecule has 3 rings (SSSR count). The summed E-state index contributed by atoms with van der Waals surface area (Å²) in [5.41, 5.74) is 3.04. The molecule has 2 aromatic carbocycles. The predicted octanol–water partition coefficient (Wildman–Crippen LogP) is 5.53. The molecule has 4 heteroatoms. The van der Waals surface area contributed by atoms with E-state index in [1.807, 2.05) is 56.3 Å². The summed E-state index contributed by atoms with van der Waals surface area (Å²) in [5, 5.41) is 4.12. The highest BCUT2D eigenvalue weighted by atomic mass is 79.9. The van der Waals surface area contributed by atoms with Crippen LogP contribution in [0, 0.1) is 13.8 Å². The summed E-state index contributed by atoms with van der Waals surface area (Å²) >= 11 is 5.06. The molecule has 0 unspecified atom stereocenters. The predicted molar refractivity (Wildman–Crippen MR) is 93.4 cm³/mol. The van der Waals surface area contributed by atoms with Gasteiger partial charge < -0.3 is 5.32 Å². The Morgan fingerprint density at radius 1 is 1.05 bits per heavy atom. The van der Waals surface area contributed by atoms with E-state index in [-0.39, 0.29) is 5.91 Å². The molecule has 0 aliphatic carbocycles. The first-order chi connectivity index (χ1) is 10.1. The van der Waals surface area contributed by atoms with Gasteiger partial charge in [-0.25, -0.2) is 0 Å². The summed E-state index contributed by atoms with van der Waals surface area (Å²) in [6, 6.07) is 14.0. The average molecular weight is 360 g/mol. The van der Waals surface area contributed by atoms with Crippen molar-refractivity contribution in [1.82, 2.24) is 0 Å². The Kier molecular flexibility index (Phi) is 3.83. The van der Waals surface area contributed by atoms with Crippen LogP contribution in [0.2, 0.25) is 0 Å². The fourth-order valence-electron chi connectivity index (χ4n) is 2.34. The van der Waals surface area contributed by atoms with E-state index in [4.69, 9.17) is 0 Å². The monoisotopic (exact) mass is 359 g/mol. The van der Waals surface area contributed by atoms with Crippen LogP contribution >= 0.6 is 27.3 Å². The second-order valence-corrected chi connectivity index (χ2v) is 6.81. The number of anilines is 1. The molecule has 2 nitrogen and oxygen atoms in total. The number of hydrogen-bond donors (Lipinski definition) is 1. The van der Waals surface area contributed by atoms with Crippen molar-refractivity contribution in [3.05, 3.63) is 62.9 Å². The third kappa shape index (κ3) is 2.61. The Balaban J connectivity index is 2.00. The summed E-state index contributed by atoms with van der Waals surface area (Å²) in [5.74, 6) is -0.0690. The molecule has 0 fully saturated rings. The van der Waals surface area contributed by atoms with Gasteiger partial charge in [-0.2, -0.15) is 0 Å². The highest BCUT2D eigenvalue weighted by Gasteiger charge is 2.17. The number of rotatable bonds is 2. The maximum atomic E-state index is 12.6. The fourth-order valence-corrected chi connectivity index (χ4v) is 4.23. The standard InChI is InChI=1S/C17H14BrNOS/c1-10-6-5-7-11(2)15(10)19-17(20)16-14(18)12-8-3-4-9-13(12)21-16/h3-9H,1-2H3,(H,19,20). The van der Waals surface area contributed by atoms with Crippen LogP contribution < -0.4 is 5.32 Å². The van der Waals surface area contributed by atoms with Crippen LogP contribution in [0.1, 0.15) is 20.8 Å². The number of carbonyl (C=O) groups excluding carboxylic acids is 1. The van der Waals surface area contributed by atoms with Crippen LogP contribution in [0.3, 0.4) is 0 Å². The number of thiophene rings is 1. The lowest BCUT2D eigenvalue weighted by Crippen LogP contribution is -2.12. The normalized spacial score (nSPS) is 10.8. The number of para-hydroxylation sites is 1. The lowest BCUT2D eigenvalue weighted by atomic mass is 10.1. The van der Waals surface area contributed by atoms with Gasteiger partial charge in [-0.05, 0) is 47.0 Å². The lowest BCUT2D eigenvalue weighted by Gasteiger charge is -2.10. The first-order valence-electron chi connectivity index (χ1n) is 6.62. The molecule has 21 heavy (non-hydrogen) atoms. The van der Waals surface area contributed by atoms with Gasteiger partial charge in [0.1, 0.15) is 4.88 Å². The molecule has 1 heterocycles. The summed E-state index contributed by atoms with van der Waals surface area (Å²) in [6.07, 6.45) is 0. The Hall–Kier alpha value is -1.65. The molecular weight excluding hydrogens is 346 g/mol. The highest BCUT2D eigenvalue weighted by Crippen LogP contribution is 2.36.